The Kier molecular flexibility index (Phi) is 5.26. The number of carbonyl (C=O) groups is 1. The van der Waals surface area contributed by atoms with Crippen molar-refractivity contribution in [3.63, 3.8) is 0 Å². The Morgan fingerprint density at radius 2 is 1.79 bits per heavy atom. The fraction of sp³-hybridized carbons (Fsp3) is 0.304. The van der Waals surface area contributed by atoms with Gasteiger partial charge in [-0.3, -0.25) is 4.79 Å². The van der Waals surface area contributed by atoms with E-state index in [1.165, 1.54) is 0 Å². The molecule has 1 atom stereocenters. The number of likely N-dealkylation sites (tertiary alicyclic amines) is 1. The molecule has 0 aliphatic carbocycles. The van der Waals surface area contributed by atoms with Crippen LogP contribution in [0.4, 0.5) is 0 Å². The lowest BCUT2D eigenvalue weighted by Gasteiger charge is -2.34. The molecule has 1 aromatic heterocycles. The van der Waals surface area contributed by atoms with Crippen LogP contribution in [0.15, 0.2) is 65.2 Å². The Labute approximate surface area is 165 Å². The number of nitrogens with zero attached hydrogens (tertiary/aromatic N) is 2. The van der Waals surface area contributed by atoms with Gasteiger partial charge in [0.25, 0.3) is 5.91 Å². The van der Waals surface area contributed by atoms with Gasteiger partial charge < -0.3 is 15.1 Å². The van der Waals surface area contributed by atoms with Gasteiger partial charge in [0.1, 0.15) is 0 Å². The van der Waals surface area contributed by atoms with Gasteiger partial charge in [-0.1, -0.05) is 42.5 Å². The summed E-state index contributed by atoms with van der Waals surface area (Å²) in [5.74, 6) is 1.67. The number of aromatic nitrogens is 1. The van der Waals surface area contributed by atoms with Crippen LogP contribution in [0.3, 0.4) is 0 Å². The SMILES string of the molecule is CC(N)C1CCN(C(=O)c2ccccc2-c2ncc(-c3ccccc3)o2)CC1. The summed E-state index contributed by atoms with van der Waals surface area (Å²) in [4.78, 5) is 19.5. The van der Waals surface area contributed by atoms with Crippen LogP contribution in [0.5, 0.6) is 0 Å². The van der Waals surface area contributed by atoms with E-state index in [9.17, 15) is 4.79 Å². The predicted octanol–water partition coefficient (Wildman–Crippen LogP) is 4.21. The third kappa shape index (κ3) is 3.71. The maximum absolute atomic E-state index is 13.2. The molecule has 1 saturated heterocycles. The first-order valence-corrected chi connectivity index (χ1v) is 9.79. The lowest BCUT2D eigenvalue weighted by Crippen LogP contribution is -2.42. The number of nitrogens with two attached hydrogens (primary N) is 1. The number of rotatable bonds is 4. The first kappa shape index (κ1) is 18.4. The van der Waals surface area contributed by atoms with E-state index in [0.29, 0.717) is 23.1 Å². The third-order valence-electron chi connectivity index (χ3n) is 5.52. The fourth-order valence-electron chi connectivity index (χ4n) is 3.79. The third-order valence-corrected chi connectivity index (χ3v) is 5.52. The zero-order valence-corrected chi connectivity index (χ0v) is 16.0. The molecular formula is C23H25N3O2. The van der Waals surface area contributed by atoms with Gasteiger partial charge in [0.05, 0.1) is 11.8 Å². The minimum absolute atomic E-state index is 0.0261. The molecule has 1 unspecified atom stereocenters. The molecule has 0 saturated carbocycles. The van der Waals surface area contributed by atoms with Gasteiger partial charge in [0, 0.05) is 30.3 Å². The molecule has 1 aliphatic heterocycles. The second kappa shape index (κ2) is 7.98. The van der Waals surface area contributed by atoms with Gasteiger partial charge in [-0.05, 0) is 37.8 Å². The van der Waals surface area contributed by atoms with E-state index in [-0.39, 0.29) is 11.9 Å². The molecule has 5 heteroatoms. The van der Waals surface area contributed by atoms with Crippen molar-refractivity contribution in [3.8, 4) is 22.8 Å². The van der Waals surface area contributed by atoms with E-state index in [1.807, 2.05) is 66.4 Å². The highest BCUT2D eigenvalue weighted by atomic mass is 16.4. The molecule has 4 rings (SSSR count). The van der Waals surface area contributed by atoms with Gasteiger partial charge >= 0.3 is 0 Å². The Balaban J connectivity index is 1.58. The molecule has 1 fully saturated rings. The number of hydrogen-bond donors (Lipinski definition) is 1. The lowest BCUT2D eigenvalue weighted by atomic mass is 9.90. The van der Waals surface area contributed by atoms with Crippen LogP contribution in [0.1, 0.15) is 30.1 Å². The smallest absolute Gasteiger partial charge is 0.254 e. The zero-order valence-electron chi connectivity index (χ0n) is 16.0. The first-order chi connectivity index (χ1) is 13.6. The van der Waals surface area contributed by atoms with Crippen LogP contribution in [0.2, 0.25) is 0 Å². The van der Waals surface area contributed by atoms with E-state index in [1.54, 1.807) is 6.20 Å². The Bertz CT molecular complexity index is 941. The number of amides is 1. The van der Waals surface area contributed by atoms with Crippen molar-refractivity contribution in [2.45, 2.75) is 25.8 Å². The first-order valence-electron chi connectivity index (χ1n) is 9.79. The van der Waals surface area contributed by atoms with E-state index < -0.39 is 0 Å². The van der Waals surface area contributed by atoms with Crippen molar-refractivity contribution < 1.29 is 9.21 Å². The van der Waals surface area contributed by atoms with Gasteiger partial charge in [-0.15, -0.1) is 0 Å². The van der Waals surface area contributed by atoms with Crippen molar-refractivity contribution in [3.05, 3.63) is 66.4 Å². The van der Waals surface area contributed by atoms with E-state index >= 15 is 0 Å². The lowest BCUT2D eigenvalue weighted by molar-refractivity contribution is 0.0681. The molecule has 2 aromatic carbocycles. The molecular weight excluding hydrogens is 350 g/mol. The summed E-state index contributed by atoms with van der Waals surface area (Å²) in [6, 6.07) is 17.5. The van der Waals surface area contributed by atoms with Crippen LogP contribution in [0.25, 0.3) is 22.8 Å². The molecule has 28 heavy (non-hydrogen) atoms. The average molecular weight is 375 g/mol. The summed E-state index contributed by atoms with van der Waals surface area (Å²) in [6.07, 6.45) is 3.60. The summed E-state index contributed by atoms with van der Waals surface area (Å²) in [6.45, 7) is 3.52. The van der Waals surface area contributed by atoms with Crippen LogP contribution in [0, 0.1) is 5.92 Å². The van der Waals surface area contributed by atoms with Gasteiger partial charge in [0.2, 0.25) is 5.89 Å². The zero-order chi connectivity index (χ0) is 19.5. The molecule has 1 amide bonds. The largest absolute Gasteiger partial charge is 0.436 e. The second-order valence-corrected chi connectivity index (χ2v) is 7.43. The summed E-state index contributed by atoms with van der Waals surface area (Å²) in [7, 11) is 0. The monoisotopic (exact) mass is 375 g/mol. The number of carbonyl (C=O) groups excluding carboxylic acids is 1. The summed E-state index contributed by atoms with van der Waals surface area (Å²) >= 11 is 0. The number of hydrogen-bond acceptors (Lipinski definition) is 4. The minimum atomic E-state index is 0.0261. The van der Waals surface area contributed by atoms with Crippen molar-refractivity contribution >= 4 is 5.91 Å². The predicted molar refractivity (Wildman–Crippen MR) is 110 cm³/mol. The molecule has 0 bridgehead atoms. The Morgan fingerprint density at radius 1 is 1.11 bits per heavy atom. The highest BCUT2D eigenvalue weighted by Crippen LogP contribution is 2.29. The maximum atomic E-state index is 13.2. The summed E-state index contributed by atoms with van der Waals surface area (Å²) < 4.78 is 5.98. The van der Waals surface area contributed by atoms with Gasteiger partial charge in [-0.2, -0.15) is 0 Å². The number of benzene rings is 2. The minimum Gasteiger partial charge on any atom is -0.436 e. The average Bonchev–Trinajstić information content (AvgIpc) is 3.24. The maximum Gasteiger partial charge on any atom is 0.254 e. The number of oxazole rings is 1. The molecule has 3 aromatic rings. The topological polar surface area (TPSA) is 72.4 Å². The van der Waals surface area contributed by atoms with Crippen LogP contribution in [-0.2, 0) is 0 Å². The van der Waals surface area contributed by atoms with Crippen molar-refractivity contribution in [2.24, 2.45) is 11.7 Å². The van der Waals surface area contributed by atoms with Crippen molar-refractivity contribution in [2.75, 3.05) is 13.1 Å². The van der Waals surface area contributed by atoms with Gasteiger partial charge in [-0.25, -0.2) is 4.98 Å². The molecule has 144 valence electrons. The summed E-state index contributed by atoms with van der Waals surface area (Å²) in [5.41, 5.74) is 8.34. The van der Waals surface area contributed by atoms with E-state index in [4.69, 9.17) is 10.2 Å². The normalized spacial score (nSPS) is 16.1. The standard InChI is InChI=1S/C23H25N3O2/c1-16(24)17-11-13-26(14-12-17)23(27)20-10-6-5-9-19(20)22-25-15-21(28-22)18-7-3-2-4-8-18/h2-10,15-17H,11-14,24H2,1H3. The quantitative estimate of drug-likeness (QED) is 0.741. The molecule has 0 radical (unpaired) electrons. The van der Waals surface area contributed by atoms with E-state index in [0.717, 1.165) is 37.1 Å². The molecule has 5 nitrogen and oxygen atoms in total. The summed E-state index contributed by atoms with van der Waals surface area (Å²) in [5, 5.41) is 0. The highest BCUT2D eigenvalue weighted by Gasteiger charge is 2.27. The Hall–Kier alpha value is -2.92. The van der Waals surface area contributed by atoms with Crippen molar-refractivity contribution in [1.82, 2.24) is 9.88 Å². The molecule has 2 heterocycles. The number of piperidine rings is 1. The van der Waals surface area contributed by atoms with Crippen LogP contribution in [-0.4, -0.2) is 34.9 Å². The molecule has 2 N–H and O–H groups in total. The fourth-order valence-corrected chi connectivity index (χ4v) is 3.79. The van der Waals surface area contributed by atoms with Crippen molar-refractivity contribution in [1.29, 1.82) is 0 Å². The van der Waals surface area contributed by atoms with Crippen LogP contribution >= 0.6 is 0 Å². The molecule has 0 spiro atoms. The highest BCUT2D eigenvalue weighted by molar-refractivity contribution is 6.00. The second-order valence-electron chi connectivity index (χ2n) is 7.43. The van der Waals surface area contributed by atoms with Crippen LogP contribution < -0.4 is 5.73 Å². The van der Waals surface area contributed by atoms with E-state index in [2.05, 4.69) is 4.98 Å². The Morgan fingerprint density at radius 3 is 2.50 bits per heavy atom. The van der Waals surface area contributed by atoms with Gasteiger partial charge in [0.15, 0.2) is 5.76 Å². The molecule has 1 aliphatic rings.